The Morgan fingerprint density at radius 3 is 2.52 bits per heavy atom. The number of hydrogen-bond donors (Lipinski definition) is 1. The molecule has 0 radical (unpaired) electrons. The third-order valence-electron chi connectivity index (χ3n) is 3.58. The van der Waals surface area contributed by atoms with Gasteiger partial charge in [0, 0.05) is 18.0 Å². The first-order valence-corrected chi connectivity index (χ1v) is 6.90. The predicted molar refractivity (Wildman–Crippen MR) is 77.2 cm³/mol. The fourth-order valence-electron chi connectivity index (χ4n) is 2.49. The first-order chi connectivity index (χ1) is 10.3. The second-order valence-corrected chi connectivity index (χ2v) is 5.01. The molecule has 2 aromatic rings. The van der Waals surface area contributed by atoms with Crippen LogP contribution in [0.4, 0.5) is 5.69 Å². The lowest BCUT2D eigenvalue weighted by molar-refractivity contribution is -0.690. The van der Waals surface area contributed by atoms with E-state index in [0.29, 0.717) is 12.2 Å². The van der Waals surface area contributed by atoms with Gasteiger partial charge in [-0.05, 0) is 24.3 Å². The van der Waals surface area contributed by atoms with E-state index in [0.717, 1.165) is 5.56 Å². The second kappa shape index (κ2) is 5.85. The summed E-state index contributed by atoms with van der Waals surface area (Å²) in [7, 11) is 0. The molecular weight excluding hydrogens is 266 g/mol. The minimum Gasteiger partial charge on any atom is -0.332 e. The molecule has 0 aliphatic carbocycles. The van der Waals surface area contributed by atoms with Crippen LogP contribution < -0.4 is 10.2 Å². The molecule has 1 atom stereocenters. The normalized spacial score (nSPS) is 18.3. The number of anilines is 1. The van der Waals surface area contributed by atoms with Gasteiger partial charge in [-0.3, -0.25) is 14.6 Å². The summed E-state index contributed by atoms with van der Waals surface area (Å²) in [6.45, 7) is 0.662. The number of quaternary nitrogens is 1. The van der Waals surface area contributed by atoms with Crippen molar-refractivity contribution in [2.24, 2.45) is 0 Å². The van der Waals surface area contributed by atoms with E-state index in [4.69, 9.17) is 0 Å². The topological polar surface area (TPSA) is 66.9 Å². The van der Waals surface area contributed by atoms with Crippen LogP contribution in [0.15, 0.2) is 54.9 Å². The highest BCUT2D eigenvalue weighted by atomic mass is 16.2. The monoisotopic (exact) mass is 282 g/mol. The van der Waals surface area contributed by atoms with Crippen LogP contribution in [0.2, 0.25) is 0 Å². The Hall–Kier alpha value is -2.53. The number of carbonyl (C=O) groups excluding carboxylic acids is 2. The number of carbonyl (C=O) groups is 2. The lowest BCUT2D eigenvalue weighted by atomic mass is 10.2. The minimum absolute atomic E-state index is 0.137. The van der Waals surface area contributed by atoms with Crippen molar-refractivity contribution in [3.8, 4) is 0 Å². The molecule has 0 spiro atoms. The van der Waals surface area contributed by atoms with E-state index in [9.17, 15) is 9.59 Å². The number of imide groups is 1. The van der Waals surface area contributed by atoms with Crippen LogP contribution in [0.3, 0.4) is 0 Å². The molecule has 1 aliphatic heterocycles. The van der Waals surface area contributed by atoms with Gasteiger partial charge < -0.3 is 5.32 Å². The number of rotatable bonds is 4. The highest BCUT2D eigenvalue weighted by Crippen LogP contribution is 2.20. The number of hydrogen-bond acceptors (Lipinski definition) is 3. The van der Waals surface area contributed by atoms with Crippen molar-refractivity contribution >= 4 is 17.5 Å². The van der Waals surface area contributed by atoms with Gasteiger partial charge >= 0.3 is 0 Å². The molecule has 106 valence electrons. The molecule has 0 bridgehead atoms. The SMILES string of the molecule is O=C1CC([NH2+]Cc2ccncc2)C(=O)N1c1ccccc1. The van der Waals surface area contributed by atoms with Crippen LogP contribution in [-0.4, -0.2) is 22.8 Å². The van der Waals surface area contributed by atoms with Crippen molar-refractivity contribution in [1.82, 2.24) is 4.98 Å². The average Bonchev–Trinajstić information content (AvgIpc) is 2.81. The zero-order chi connectivity index (χ0) is 14.7. The van der Waals surface area contributed by atoms with Gasteiger partial charge in [-0.1, -0.05) is 18.2 Å². The Morgan fingerprint density at radius 2 is 1.81 bits per heavy atom. The number of benzene rings is 1. The van der Waals surface area contributed by atoms with Crippen molar-refractivity contribution in [2.75, 3.05) is 4.90 Å². The van der Waals surface area contributed by atoms with E-state index in [1.807, 2.05) is 35.6 Å². The van der Waals surface area contributed by atoms with E-state index >= 15 is 0 Å². The highest BCUT2D eigenvalue weighted by Gasteiger charge is 2.41. The Kier molecular flexibility index (Phi) is 3.75. The zero-order valence-corrected chi connectivity index (χ0v) is 11.5. The van der Waals surface area contributed by atoms with Crippen LogP contribution in [-0.2, 0) is 16.1 Å². The summed E-state index contributed by atoms with van der Waals surface area (Å²) >= 11 is 0. The maximum absolute atomic E-state index is 12.4. The minimum atomic E-state index is -0.342. The molecule has 3 rings (SSSR count). The molecule has 1 aromatic carbocycles. The zero-order valence-electron chi connectivity index (χ0n) is 11.5. The van der Waals surface area contributed by atoms with Crippen LogP contribution in [0.1, 0.15) is 12.0 Å². The number of nitrogens with zero attached hydrogens (tertiary/aromatic N) is 2. The lowest BCUT2D eigenvalue weighted by Crippen LogP contribution is -2.90. The van der Waals surface area contributed by atoms with E-state index in [1.165, 1.54) is 4.90 Å². The first-order valence-electron chi connectivity index (χ1n) is 6.90. The third kappa shape index (κ3) is 2.83. The van der Waals surface area contributed by atoms with Crippen molar-refractivity contribution in [2.45, 2.75) is 19.0 Å². The molecule has 5 heteroatoms. The van der Waals surface area contributed by atoms with Gasteiger partial charge in [0.1, 0.15) is 6.54 Å². The summed E-state index contributed by atoms with van der Waals surface area (Å²) in [4.78, 5) is 29.7. The van der Waals surface area contributed by atoms with Gasteiger partial charge in [0.2, 0.25) is 5.91 Å². The fourth-order valence-corrected chi connectivity index (χ4v) is 2.49. The largest absolute Gasteiger partial charge is 0.332 e. The molecule has 21 heavy (non-hydrogen) atoms. The molecule has 1 unspecified atom stereocenters. The quantitative estimate of drug-likeness (QED) is 0.829. The molecule has 2 amide bonds. The standard InChI is InChI=1S/C16H15N3O2/c20-15-10-14(18-11-12-6-8-17-9-7-12)16(21)19(15)13-4-2-1-3-5-13/h1-9,14,18H,10-11H2/p+1. The van der Waals surface area contributed by atoms with Crippen molar-refractivity contribution in [3.05, 3.63) is 60.4 Å². The molecule has 2 heterocycles. The van der Waals surface area contributed by atoms with Gasteiger partial charge in [-0.15, -0.1) is 0 Å². The average molecular weight is 282 g/mol. The van der Waals surface area contributed by atoms with E-state index in [1.54, 1.807) is 24.5 Å². The van der Waals surface area contributed by atoms with Crippen LogP contribution >= 0.6 is 0 Å². The molecule has 1 aliphatic rings. The Labute approximate surface area is 122 Å². The molecule has 1 aromatic heterocycles. The van der Waals surface area contributed by atoms with E-state index in [2.05, 4.69) is 4.98 Å². The molecule has 5 nitrogen and oxygen atoms in total. The molecule has 1 fully saturated rings. The van der Waals surface area contributed by atoms with Crippen molar-refractivity contribution in [3.63, 3.8) is 0 Å². The number of aromatic nitrogens is 1. The van der Waals surface area contributed by atoms with Gasteiger partial charge in [0.05, 0.1) is 12.1 Å². The summed E-state index contributed by atoms with van der Waals surface area (Å²) in [6.07, 6.45) is 3.70. The fraction of sp³-hybridized carbons (Fsp3) is 0.188. The highest BCUT2D eigenvalue weighted by molar-refractivity contribution is 6.21. The van der Waals surface area contributed by atoms with Gasteiger partial charge in [-0.25, -0.2) is 4.90 Å². The Bertz CT molecular complexity index is 643. The first kappa shape index (κ1) is 13.5. The number of pyridine rings is 1. The maximum Gasteiger partial charge on any atom is 0.292 e. The van der Waals surface area contributed by atoms with Gasteiger partial charge in [0.25, 0.3) is 5.91 Å². The smallest absolute Gasteiger partial charge is 0.292 e. The molecular formula is C16H16N3O2+. The van der Waals surface area contributed by atoms with Gasteiger partial charge in [0.15, 0.2) is 6.04 Å². The van der Waals surface area contributed by atoms with Gasteiger partial charge in [-0.2, -0.15) is 0 Å². The number of nitrogens with two attached hydrogens (primary N) is 1. The lowest BCUT2D eigenvalue weighted by Gasteiger charge is -2.13. The predicted octanol–water partition coefficient (Wildman–Crippen LogP) is 0.477. The Balaban J connectivity index is 1.69. The molecule has 0 saturated carbocycles. The number of amides is 2. The number of para-hydroxylation sites is 1. The molecule has 2 N–H and O–H groups in total. The van der Waals surface area contributed by atoms with E-state index < -0.39 is 0 Å². The van der Waals surface area contributed by atoms with Crippen LogP contribution in [0.5, 0.6) is 0 Å². The van der Waals surface area contributed by atoms with Crippen LogP contribution in [0, 0.1) is 0 Å². The summed E-state index contributed by atoms with van der Waals surface area (Å²) in [5.41, 5.74) is 1.73. The summed E-state index contributed by atoms with van der Waals surface area (Å²) in [6, 6.07) is 12.5. The Morgan fingerprint density at radius 1 is 1.10 bits per heavy atom. The van der Waals surface area contributed by atoms with Crippen LogP contribution in [0.25, 0.3) is 0 Å². The summed E-state index contributed by atoms with van der Waals surface area (Å²) < 4.78 is 0. The van der Waals surface area contributed by atoms with Crippen molar-refractivity contribution < 1.29 is 14.9 Å². The van der Waals surface area contributed by atoms with E-state index in [-0.39, 0.29) is 24.3 Å². The second-order valence-electron chi connectivity index (χ2n) is 5.01. The summed E-state index contributed by atoms with van der Waals surface area (Å²) in [5, 5.41) is 1.92. The molecule has 1 saturated heterocycles. The maximum atomic E-state index is 12.4. The summed E-state index contributed by atoms with van der Waals surface area (Å²) in [5.74, 6) is -0.276. The third-order valence-corrected chi connectivity index (χ3v) is 3.58. The van der Waals surface area contributed by atoms with Crippen molar-refractivity contribution in [1.29, 1.82) is 0 Å².